The minimum atomic E-state index is -0.764. The predicted molar refractivity (Wildman–Crippen MR) is 136 cm³/mol. The Morgan fingerprint density at radius 1 is 1.16 bits per heavy atom. The molecule has 1 unspecified atom stereocenters. The highest BCUT2D eigenvalue weighted by Crippen LogP contribution is 2.35. The van der Waals surface area contributed by atoms with E-state index in [4.69, 9.17) is 20.8 Å². The van der Waals surface area contributed by atoms with Gasteiger partial charge in [-0.15, -0.1) is 0 Å². The molecule has 1 aliphatic heterocycles. The van der Waals surface area contributed by atoms with Crippen LogP contribution < -0.4 is 15.0 Å². The molecule has 0 saturated carbocycles. The lowest BCUT2D eigenvalue weighted by molar-refractivity contribution is 0.0783. The summed E-state index contributed by atoms with van der Waals surface area (Å²) < 4.78 is 17.6. The van der Waals surface area contributed by atoms with Crippen LogP contribution >= 0.6 is 0 Å². The summed E-state index contributed by atoms with van der Waals surface area (Å²) >= 11 is 0. The third-order valence-corrected chi connectivity index (χ3v) is 6.38. The van der Waals surface area contributed by atoms with Crippen LogP contribution in [0.1, 0.15) is 41.0 Å². The molecule has 1 aliphatic rings. The van der Waals surface area contributed by atoms with Crippen molar-refractivity contribution in [2.45, 2.75) is 25.9 Å². The maximum atomic E-state index is 13.9. The predicted octanol–water partition coefficient (Wildman–Crippen LogP) is 3.67. The number of carbonyl (C=O) groups is 1. The second-order valence-electron chi connectivity index (χ2n) is 8.42. The van der Waals surface area contributed by atoms with Crippen LogP contribution in [-0.4, -0.2) is 59.4 Å². The van der Waals surface area contributed by atoms with Gasteiger partial charge in [0.05, 0.1) is 20.8 Å². The Morgan fingerprint density at radius 2 is 1.86 bits per heavy atom. The average molecular weight is 505 g/mol. The molecule has 10 heteroatoms. The van der Waals surface area contributed by atoms with Crippen molar-refractivity contribution in [1.82, 2.24) is 14.5 Å². The number of ether oxygens (including phenoxy) is 3. The molecule has 4 rings (SSSR count). The number of nitrogens with zero attached hydrogens (tertiary/aromatic N) is 4. The Hall–Kier alpha value is -4.36. The number of aromatic nitrogens is 2. The summed E-state index contributed by atoms with van der Waals surface area (Å²) in [6.45, 7) is 10.2. The van der Waals surface area contributed by atoms with Gasteiger partial charge in [0, 0.05) is 19.7 Å². The number of aromatic hydroxyl groups is 1. The standard InChI is InChI=1S/C27H28N4O6/c1-5-37-16-22-29-25(32)23(27(34)31(22)24-20(35-3)11-8-12-21(24)36-4)26(33)30-14-13-17(15-30)18-9-6-7-10-19(18)28-2/h6-12,17,32H,5,13-16H2,1,3-4H3. The van der Waals surface area contributed by atoms with E-state index in [1.165, 1.54) is 23.7 Å². The molecule has 1 aromatic heterocycles. The first-order valence-electron chi connectivity index (χ1n) is 11.8. The number of para-hydroxylation sites is 2. The van der Waals surface area contributed by atoms with Gasteiger partial charge in [-0.3, -0.25) is 14.2 Å². The van der Waals surface area contributed by atoms with Gasteiger partial charge in [0.1, 0.15) is 29.6 Å². The summed E-state index contributed by atoms with van der Waals surface area (Å²) in [5.74, 6) is -0.626. The summed E-state index contributed by atoms with van der Waals surface area (Å²) in [6.07, 6.45) is 0.628. The Morgan fingerprint density at radius 3 is 2.51 bits per heavy atom. The fourth-order valence-electron chi connectivity index (χ4n) is 4.60. The molecule has 1 fully saturated rings. The Labute approximate surface area is 214 Å². The SMILES string of the molecule is [C-]#[N+]c1ccccc1C1CCN(C(=O)c2c(O)nc(COCC)n(-c3c(OC)cccc3OC)c2=O)C1. The summed E-state index contributed by atoms with van der Waals surface area (Å²) in [4.78, 5) is 36.8. The van der Waals surface area contributed by atoms with Gasteiger partial charge in [0.2, 0.25) is 5.88 Å². The molecule has 2 heterocycles. The van der Waals surface area contributed by atoms with Crippen molar-refractivity contribution in [2.24, 2.45) is 0 Å². The number of amides is 1. The smallest absolute Gasteiger partial charge is 0.275 e. The van der Waals surface area contributed by atoms with E-state index >= 15 is 0 Å². The van der Waals surface area contributed by atoms with Crippen molar-refractivity contribution in [3.8, 4) is 23.1 Å². The number of rotatable bonds is 8. The molecule has 1 amide bonds. The zero-order valence-electron chi connectivity index (χ0n) is 20.9. The van der Waals surface area contributed by atoms with Gasteiger partial charge in [-0.05, 0) is 37.0 Å². The molecule has 192 valence electrons. The maximum absolute atomic E-state index is 13.9. The number of carbonyl (C=O) groups excluding carboxylic acids is 1. The first kappa shape index (κ1) is 25.7. The highest BCUT2D eigenvalue weighted by molar-refractivity contribution is 5.96. The number of hydrogen-bond acceptors (Lipinski definition) is 7. The van der Waals surface area contributed by atoms with Gasteiger partial charge in [0.25, 0.3) is 11.5 Å². The average Bonchev–Trinajstić information content (AvgIpc) is 3.41. The van der Waals surface area contributed by atoms with Crippen molar-refractivity contribution in [3.63, 3.8) is 0 Å². The van der Waals surface area contributed by atoms with E-state index in [1.54, 1.807) is 37.3 Å². The molecular weight excluding hydrogens is 476 g/mol. The van der Waals surface area contributed by atoms with Crippen LogP contribution in [0.15, 0.2) is 47.3 Å². The monoisotopic (exact) mass is 504 g/mol. The molecular formula is C27H28N4O6. The van der Waals surface area contributed by atoms with Crippen LogP contribution in [0.3, 0.4) is 0 Å². The van der Waals surface area contributed by atoms with E-state index in [1.807, 2.05) is 12.1 Å². The van der Waals surface area contributed by atoms with Crippen LogP contribution in [0.5, 0.6) is 17.4 Å². The van der Waals surface area contributed by atoms with Gasteiger partial charge in [0.15, 0.2) is 11.3 Å². The third kappa shape index (κ3) is 4.86. The summed E-state index contributed by atoms with van der Waals surface area (Å²) in [6, 6.07) is 12.3. The maximum Gasteiger partial charge on any atom is 0.275 e. The van der Waals surface area contributed by atoms with E-state index in [9.17, 15) is 14.7 Å². The van der Waals surface area contributed by atoms with Crippen LogP contribution in [0.25, 0.3) is 10.5 Å². The van der Waals surface area contributed by atoms with E-state index in [0.717, 1.165) is 5.56 Å². The molecule has 0 aliphatic carbocycles. The second-order valence-corrected chi connectivity index (χ2v) is 8.42. The van der Waals surface area contributed by atoms with Crippen molar-refractivity contribution in [2.75, 3.05) is 33.9 Å². The Bertz CT molecular complexity index is 1390. The molecule has 10 nitrogen and oxygen atoms in total. The summed E-state index contributed by atoms with van der Waals surface area (Å²) in [5, 5.41) is 10.8. The van der Waals surface area contributed by atoms with Crippen molar-refractivity contribution in [1.29, 1.82) is 0 Å². The van der Waals surface area contributed by atoms with Gasteiger partial charge >= 0.3 is 0 Å². The van der Waals surface area contributed by atoms with Gasteiger partial charge in [-0.1, -0.05) is 30.3 Å². The molecule has 1 atom stereocenters. The van der Waals surface area contributed by atoms with Crippen LogP contribution in [0.2, 0.25) is 0 Å². The van der Waals surface area contributed by atoms with E-state index in [0.29, 0.717) is 43.3 Å². The molecule has 1 N–H and O–H groups in total. The topological polar surface area (TPSA) is 107 Å². The Kier molecular flexibility index (Phi) is 7.74. The molecule has 37 heavy (non-hydrogen) atoms. The number of hydrogen-bond donors (Lipinski definition) is 1. The molecule has 2 aromatic carbocycles. The fourth-order valence-corrected chi connectivity index (χ4v) is 4.60. The number of benzene rings is 2. The third-order valence-electron chi connectivity index (χ3n) is 6.38. The number of methoxy groups -OCH3 is 2. The first-order chi connectivity index (χ1) is 17.9. The van der Waals surface area contributed by atoms with E-state index < -0.39 is 22.9 Å². The van der Waals surface area contributed by atoms with E-state index in [-0.39, 0.29) is 24.0 Å². The second kappa shape index (κ2) is 11.1. The minimum absolute atomic E-state index is 0.0573. The van der Waals surface area contributed by atoms with Gasteiger partial charge in [-0.2, -0.15) is 4.98 Å². The van der Waals surface area contributed by atoms with Gasteiger partial charge < -0.3 is 24.2 Å². The Balaban J connectivity index is 1.80. The molecule has 3 aromatic rings. The molecule has 0 spiro atoms. The minimum Gasteiger partial charge on any atom is -0.494 e. The number of likely N-dealkylation sites (tertiary alicyclic amines) is 1. The normalized spacial score (nSPS) is 14.9. The van der Waals surface area contributed by atoms with Crippen LogP contribution in [-0.2, 0) is 11.3 Å². The molecule has 0 bridgehead atoms. The molecule has 0 radical (unpaired) electrons. The fraction of sp³-hybridized carbons (Fsp3) is 0.333. The van der Waals surface area contributed by atoms with E-state index in [2.05, 4.69) is 9.83 Å². The van der Waals surface area contributed by atoms with Crippen molar-refractivity contribution < 1.29 is 24.1 Å². The lowest BCUT2D eigenvalue weighted by atomic mass is 9.97. The van der Waals surface area contributed by atoms with Gasteiger partial charge in [-0.25, -0.2) is 4.85 Å². The highest BCUT2D eigenvalue weighted by atomic mass is 16.5. The lowest BCUT2D eigenvalue weighted by Crippen LogP contribution is -2.37. The van der Waals surface area contributed by atoms with Crippen molar-refractivity contribution in [3.05, 3.63) is 81.2 Å². The van der Waals surface area contributed by atoms with Crippen LogP contribution in [0.4, 0.5) is 5.69 Å². The molecule has 1 saturated heterocycles. The highest BCUT2D eigenvalue weighted by Gasteiger charge is 2.34. The summed E-state index contributed by atoms with van der Waals surface area (Å²) in [5.41, 5.74) is 0.432. The zero-order valence-corrected chi connectivity index (χ0v) is 20.9. The van der Waals surface area contributed by atoms with Crippen LogP contribution in [0, 0.1) is 6.57 Å². The zero-order chi connectivity index (χ0) is 26.5. The summed E-state index contributed by atoms with van der Waals surface area (Å²) in [7, 11) is 2.91. The largest absolute Gasteiger partial charge is 0.494 e. The van der Waals surface area contributed by atoms with Crippen molar-refractivity contribution >= 4 is 11.6 Å². The lowest BCUT2D eigenvalue weighted by Gasteiger charge is -2.21. The first-order valence-corrected chi connectivity index (χ1v) is 11.8. The quantitative estimate of drug-likeness (QED) is 0.467.